The number of anilines is 1. The number of phenolic OH excluding ortho intramolecular Hbond substituents is 1. The van der Waals surface area contributed by atoms with Gasteiger partial charge in [0, 0.05) is 17.3 Å². The second kappa shape index (κ2) is 5.35. The van der Waals surface area contributed by atoms with Gasteiger partial charge in [0.05, 0.1) is 4.92 Å². The Morgan fingerprint density at radius 2 is 2.00 bits per heavy atom. The Labute approximate surface area is 112 Å². The van der Waals surface area contributed by atoms with E-state index in [0.29, 0.717) is 0 Å². The summed E-state index contributed by atoms with van der Waals surface area (Å²) < 4.78 is 13.0. The molecule has 7 heteroatoms. The maximum atomic E-state index is 13.0. The number of rotatable bonds is 3. The van der Waals surface area contributed by atoms with Gasteiger partial charge < -0.3 is 10.4 Å². The third-order valence-corrected chi connectivity index (χ3v) is 2.52. The van der Waals surface area contributed by atoms with Crippen molar-refractivity contribution in [2.24, 2.45) is 0 Å². The zero-order valence-electron chi connectivity index (χ0n) is 10.0. The maximum absolute atomic E-state index is 13.0. The Morgan fingerprint density at radius 1 is 1.25 bits per heavy atom. The first-order valence-electron chi connectivity index (χ1n) is 5.51. The van der Waals surface area contributed by atoms with Gasteiger partial charge in [0.15, 0.2) is 5.75 Å². The Kier molecular flexibility index (Phi) is 3.60. The molecule has 0 saturated carbocycles. The van der Waals surface area contributed by atoms with E-state index in [1.807, 2.05) is 0 Å². The molecule has 102 valence electrons. The summed E-state index contributed by atoms with van der Waals surface area (Å²) in [5.74, 6) is -1.72. The summed E-state index contributed by atoms with van der Waals surface area (Å²) in [6.07, 6.45) is 0. The maximum Gasteiger partial charge on any atom is 0.310 e. The van der Waals surface area contributed by atoms with Crippen LogP contribution < -0.4 is 5.32 Å². The molecule has 0 fully saturated rings. The molecule has 0 aliphatic rings. The number of carbonyl (C=O) groups is 1. The average Bonchev–Trinajstić information content (AvgIpc) is 2.38. The molecular formula is C13H9FN2O4. The van der Waals surface area contributed by atoms with Crippen molar-refractivity contribution in [2.75, 3.05) is 5.32 Å². The van der Waals surface area contributed by atoms with Crippen molar-refractivity contribution in [3.8, 4) is 5.75 Å². The van der Waals surface area contributed by atoms with Crippen LogP contribution in [0.25, 0.3) is 0 Å². The van der Waals surface area contributed by atoms with E-state index in [1.54, 1.807) is 0 Å². The molecule has 2 N–H and O–H groups in total. The molecule has 0 bridgehead atoms. The van der Waals surface area contributed by atoms with E-state index in [-0.39, 0.29) is 11.3 Å². The summed E-state index contributed by atoms with van der Waals surface area (Å²) in [6.45, 7) is 0. The number of nitrogens with zero attached hydrogens (tertiary/aromatic N) is 1. The number of nitrogens with one attached hydrogen (secondary N) is 1. The van der Waals surface area contributed by atoms with E-state index >= 15 is 0 Å². The minimum atomic E-state index is -0.760. The van der Waals surface area contributed by atoms with Gasteiger partial charge in [-0.15, -0.1) is 0 Å². The highest BCUT2D eigenvalue weighted by atomic mass is 19.1. The predicted octanol–water partition coefficient (Wildman–Crippen LogP) is 2.69. The number of phenols is 1. The van der Waals surface area contributed by atoms with Crippen LogP contribution in [0.4, 0.5) is 15.8 Å². The summed E-state index contributed by atoms with van der Waals surface area (Å²) in [7, 11) is 0. The van der Waals surface area contributed by atoms with Gasteiger partial charge in [0.1, 0.15) is 5.82 Å². The number of carbonyl (C=O) groups excluding carboxylic acids is 1. The lowest BCUT2D eigenvalue weighted by molar-refractivity contribution is -0.385. The van der Waals surface area contributed by atoms with Crippen LogP contribution in [0.1, 0.15) is 10.4 Å². The highest BCUT2D eigenvalue weighted by Gasteiger charge is 2.16. The first kappa shape index (κ1) is 13.5. The second-order valence-electron chi connectivity index (χ2n) is 3.93. The molecule has 0 aliphatic heterocycles. The minimum absolute atomic E-state index is 0.0253. The van der Waals surface area contributed by atoms with Crippen molar-refractivity contribution in [2.45, 2.75) is 0 Å². The van der Waals surface area contributed by atoms with Crippen molar-refractivity contribution in [1.29, 1.82) is 0 Å². The van der Waals surface area contributed by atoms with Crippen LogP contribution in [-0.2, 0) is 0 Å². The lowest BCUT2D eigenvalue weighted by Crippen LogP contribution is -2.12. The first-order chi connectivity index (χ1) is 9.47. The van der Waals surface area contributed by atoms with Gasteiger partial charge in [-0.1, -0.05) is 6.07 Å². The van der Waals surface area contributed by atoms with Crippen molar-refractivity contribution >= 4 is 17.3 Å². The van der Waals surface area contributed by atoms with Gasteiger partial charge in [-0.25, -0.2) is 4.39 Å². The predicted molar refractivity (Wildman–Crippen MR) is 69.1 cm³/mol. The van der Waals surface area contributed by atoms with E-state index in [1.165, 1.54) is 24.3 Å². The lowest BCUT2D eigenvalue weighted by atomic mass is 10.1. The Hall–Kier alpha value is -2.96. The quantitative estimate of drug-likeness (QED) is 0.665. The highest BCUT2D eigenvalue weighted by molar-refractivity contribution is 6.04. The van der Waals surface area contributed by atoms with E-state index in [9.17, 15) is 24.4 Å². The molecule has 6 nitrogen and oxygen atoms in total. The molecule has 0 aliphatic carbocycles. The van der Waals surface area contributed by atoms with Gasteiger partial charge in [-0.2, -0.15) is 0 Å². The molecule has 2 aromatic carbocycles. The summed E-state index contributed by atoms with van der Waals surface area (Å²) >= 11 is 0. The minimum Gasteiger partial charge on any atom is -0.502 e. The van der Waals surface area contributed by atoms with Gasteiger partial charge in [-0.05, 0) is 30.3 Å². The monoisotopic (exact) mass is 276 g/mol. The van der Waals surface area contributed by atoms with Crippen LogP contribution in [-0.4, -0.2) is 15.9 Å². The first-order valence-corrected chi connectivity index (χ1v) is 5.51. The smallest absolute Gasteiger partial charge is 0.310 e. The number of nitro groups is 1. The molecule has 2 aromatic rings. The van der Waals surface area contributed by atoms with E-state index in [2.05, 4.69) is 5.32 Å². The Morgan fingerprint density at radius 3 is 2.60 bits per heavy atom. The highest BCUT2D eigenvalue weighted by Crippen LogP contribution is 2.26. The van der Waals surface area contributed by atoms with E-state index < -0.39 is 28.1 Å². The fourth-order valence-electron chi connectivity index (χ4n) is 1.59. The molecule has 2 rings (SSSR count). The molecule has 0 unspecified atom stereocenters. The number of aromatic hydroxyl groups is 1. The zero-order valence-corrected chi connectivity index (χ0v) is 10.0. The number of halogens is 1. The van der Waals surface area contributed by atoms with E-state index in [0.717, 1.165) is 18.2 Å². The largest absolute Gasteiger partial charge is 0.502 e. The van der Waals surface area contributed by atoms with Crippen LogP contribution in [0.3, 0.4) is 0 Å². The van der Waals surface area contributed by atoms with Gasteiger partial charge in [0.25, 0.3) is 5.91 Å². The second-order valence-corrected chi connectivity index (χ2v) is 3.93. The third-order valence-electron chi connectivity index (χ3n) is 2.52. The van der Waals surface area contributed by atoms with Crippen molar-refractivity contribution in [1.82, 2.24) is 0 Å². The van der Waals surface area contributed by atoms with Crippen LogP contribution in [0.5, 0.6) is 5.75 Å². The van der Waals surface area contributed by atoms with Crippen molar-refractivity contribution in [3.63, 3.8) is 0 Å². The lowest BCUT2D eigenvalue weighted by Gasteiger charge is -2.05. The molecule has 0 spiro atoms. The average molecular weight is 276 g/mol. The van der Waals surface area contributed by atoms with Crippen LogP contribution >= 0.6 is 0 Å². The number of hydrogen-bond acceptors (Lipinski definition) is 4. The number of nitro benzene ring substituents is 1. The Balaban J connectivity index is 2.22. The summed E-state index contributed by atoms with van der Waals surface area (Å²) in [5, 5.41) is 22.4. The Bertz CT molecular complexity index is 688. The zero-order chi connectivity index (χ0) is 14.7. The summed E-state index contributed by atoms with van der Waals surface area (Å²) in [5.41, 5.74) is -0.225. The summed E-state index contributed by atoms with van der Waals surface area (Å²) in [4.78, 5) is 21.6. The molecule has 0 radical (unpaired) electrons. The normalized spacial score (nSPS) is 10.1. The topological polar surface area (TPSA) is 92.5 Å². The number of amides is 1. The molecule has 20 heavy (non-hydrogen) atoms. The SMILES string of the molecule is O=C(Nc1cccc(F)c1)c1ccc([N+](=O)[O-])c(O)c1. The standard InChI is InChI=1S/C13H9FN2O4/c14-9-2-1-3-10(7-9)15-13(18)8-4-5-11(16(19)20)12(17)6-8/h1-7,17H,(H,15,18). The fraction of sp³-hybridized carbons (Fsp3) is 0. The molecule has 0 atom stereocenters. The molecule has 0 aromatic heterocycles. The van der Waals surface area contributed by atoms with Crippen LogP contribution in [0, 0.1) is 15.9 Å². The van der Waals surface area contributed by atoms with Gasteiger partial charge >= 0.3 is 5.69 Å². The molecular weight excluding hydrogens is 267 g/mol. The number of hydrogen-bond donors (Lipinski definition) is 2. The third kappa shape index (κ3) is 2.89. The fourth-order valence-corrected chi connectivity index (χ4v) is 1.59. The van der Waals surface area contributed by atoms with Crippen molar-refractivity contribution in [3.05, 3.63) is 64.0 Å². The van der Waals surface area contributed by atoms with Crippen LogP contribution in [0.15, 0.2) is 42.5 Å². The number of benzene rings is 2. The van der Waals surface area contributed by atoms with E-state index in [4.69, 9.17) is 0 Å². The molecule has 0 saturated heterocycles. The van der Waals surface area contributed by atoms with Crippen LogP contribution in [0.2, 0.25) is 0 Å². The van der Waals surface area contributed by atoms with Crippen molar-refractivity contribution < 1.29 is 19.2 Å². The van der Waals surface area contributed by atoms with Gasteiger partial charge in [-0.3, -0.25) is 14.9 Å². The summed E-state index contributed by atoms with van der Waals surface area (Å²) in [6, 6.07) is 8.48. The van der Waals surface area contributed by atoms with Gasteiger partial charge in [0.2, 0.25) is 0 Å². The molecule has 0 heterocycles. The molecule has 1 amide bonds.